The Bertz CT molecular complexity index is 717. The van der Waals surface area contributed by atoms with Crippen molar-refractivity contribution in [3.05, 3.63) is 54.4 Å². The second kappa shape index (κ2) is 5.35. The Morgan fingerprint density at radius 3 is 2.70 bits per heavy atom. The van der Waals surface area contributed by atoms with Crippen molar-refractivity contribution in [2.24, 2.45) is 0 Å². The van der Waals surface area contributed by atoms with Crippen LogP contribution in [0.25, 0.3) is 16.9 Å². The lowest BCUT2D eigenvalue weighted by molar-refractivity contribution is 0.282. The van der Waals surface area contributed by atoms with E-state index in [1.54, 1.807) is 0 Å². The molecule has 0 aliphatic carbocycles. The van der Waals surface area contributed by atoms with Crippen molar-refractivity contribution in [2.75, 3.05) is 6.61 Å². The molecule has 4 heteroatoms. The number of rotatable bonds is 4. The van der Waals surface area contributed by atoms with Crippen LogP contribution in [0.3, 0.4) is 0 Å². The van der Waals surface area contributed by atoms with Crippen LogP contribution in [-0.2, 0) is 6.61 Å². The monoisotopic (exact) mass is 268 g/mol. The molecule has 0 bridgehead atoms. The van der Waals surface area contributed by atoms with Crippen molar-refractivity contribution < 1.29 is 9.84 Å². The first-order chi connectivity index (χ1) is 9.81. The van der Waals surface area contributed by atoms with Gasteiger partial charge in [-0.05, 0) is 37.3 Å². The smallest absolute Gasteiger partial charge is 0.142 e. The van der Waals surface area contributed by atoms with E-state index in [4.69, 9.17) is 4.74 Å². The summed E-state index contributed by atoms with van der Waals surface area (Å²) in [5.74, 6) is 0.857. The maximum atomic E-state index is 9.34. The molecule has 0 aliphatic heterocycles. The van der Waals surface area contributed by atoms with Crippen LogP contribution in [0.5, 0.6) is 5.75 Å². The Labute approximate surface area is 117 Å². The first-order valence-electron chi connectivity index (χ1n) is 6.62. The number of aromatic nitrogens is 2. The molecule has 3 rings (SSSR count). The number of aliphatic hydroxyl groups excluding tert-OH is 1. The lowest BCUT2D eigenvalue weighted by atomic mass is 10.2. The standard InChI is InChI=1S/C16H16N2O2/c1-2-20-14-7-5-12(6-8-14)15-10-18-9-3-4-13(11-19)16(18)17-15/h3-10,19H,2,11H2,1H3. The quantitative estimate of drug-likeness (QED) is 0.791. The topological polar surface area (TPSA) is 46.8 Å². The molecule has 0 spiro atoms. The number of hydrogen-bond acceptors (Lipinski definition) is 3. The summed E-state index contributed by atoms with van der Waals surface area (Å²) in [7, 11) is 0. The second-order valence-corrected chi connectivity index (χ2v) is 4.51. The molecule has 0 radical (unpaired) electrons. The first-order valence-corrected chi connectivity index (χ1v) is 6.62. The molecule has 0 saturated carbocycles. The minimum atomic E-state index is -0.00985. The minimum Gasteiger partial charge on any atom is -0.494 e. The molecule has 2 aromatic heterocycles. The predicted octanol–water partition coefficient (Wildman–Crippen LogP) is 2.89. The fraction of sp³-hybridized carbons (Fsp3) is 0.188. The van der Waals surface area contributed by atoms with Crippen molar-refractivity contribution in [1.82, 2.24) is 9.38 Å². The lowest BCUT2D eigenvalue weighted by Crippen LogP contribution is -1.90. The summed E-state index contributed by atoms with van der Waals surface area (Å²) in [4.78, 5) is 4.59. The molecule has 102 valence electrons. The highest BCUT2D eigenvalue weighted by molar-refractivity contribution is 5.64. The van der Waals surface area contributed by atoms with E-state index in [1.165, 1.54) is 0 Å². The molecule has 0 amide bonds. The first kappa shape index (κ1) is 12.7. The Kier molecular flexibility index (Phi) is 3.39. The Morgan fingerprint density at radius 2 is 2.00 bits per heavy atom. The fourth-order valence-electron chi connectivity index (χ4n) is 2.22. The van der Waals surface area contributed by atoms with Crippen LogP contribution in [0.15, 0.2) is 48.8 Å². The zero-order valence-electron chi connectivity index (χ0n) is 11.3. The van der Waals surface area contributed by atoms with E-state index in [9.17, 15) is 5.11 Å². The number of nitrogens with zero attached hydrogens (tertiary/aromatic N) is 2. The third-order valence-corrected chi connectivity index (χ3v) is 3.20. The normalized spacial score (nSPS) is 10.9. The van der Waals surface area contributed by atoms with Gasteiger partial charge in [0, 0.05) is 23.5 Å². The third kappa shape index (κ3) is 2.26. The SMILES string of the molecule is CCOc1ccc(-c2cn3cccc(CO)c3n2)cc1. The molecule has 4 nitrogen and oxygen atoms in total. The van der Waals surface area contributed by atoms with E-state index in [1.807, 2.05) is 60.1 Å². The molecule has 0 saturated heterocycles. The Hall–Kier alpha value is -2.33. The summed E-state index contributed by atoms with van der Waals surface area (Å²) in [5, 5.41) is 9.34. The van der Waals surface area contributed by atoms with Gasteiger partial charge in [-0.2, -0.15) is 0 Å². The summed E-state index contributed by atoms with van der Waals surface area (Å²) in [6.45, 7) is 2.62. The predicted molar refractivity (Wildman–Crippen MR) is 77.7 cm³/mol. The molecule has 2 heterocycles. The number of pyridine rings is 1. The highest BCUT2D eigenvalue weighted by Crippen LogP contribution is 2.23. The average Bonchev–Trinajstić information content (AvgIpc) is 2.92. The van der Waals surface area contributed by atoms with E-state index >= 15 is 0 Å². The number of imidazole rings is 1. The summed E-state index contributed by atoms with van der Waals surface area (Å²) >= 11 is 0. The maximum Gasteiger partial charge on any atom is 0.142 e. The molecule has 1 aromatic carbocycles. The van der Waals surface area contributed by atoms with Crippen molar-refractivity contribution >= 4 is 5.65 Å². The third-order valence-electron chi connectivity index (χ3n) is 3.20. The Morgan fingerprint density at radius 1 is 1.20 bits per heavy atom. The van der Waals surface area contributed by atoms with Gasteiger partial charge in [0.15, 0.2) is 0 Å². The van der Waals surface area contributed by atoms with Gasteiger partial charge in [0.2, 0.25) is 0 Å². The number of aliphatic hydroxyl groups is 1. The van der Waals surface area contributed by atoms with Crippen LogP contribution in [0.1, 0.15) is 12.5 Å². The van der Waals surface area contributed by atoms with Gasteiger partial charge in [0.25, 0.3) is 0 Å². The van der Waals surface area contributed by atoms with Crippen LogP contribution in [0.2, 0.25) is 0 Å². The van der Waals surface area contributed by atoms with Crippen molar-refractivity contribution in [1.29, 1.82) is 0 Å². The van der Waals surface area contributed by atoms with Crippen molar-refractivity contribution in [3.8, 4) is 17.0 Å². The summed E-state index contributed by atoms with van der Waals surface area (Å²) in [6, 6.07) is 11.6. The molecule has 0 unspecified atom stereocenters. The van der Waals surface area contributed by atoms with Gasteiger partial charge < -0.3 is 14.2 Å². The Balaban J connectivity index is 2.01. The van der Waals surface area contributed by atoms with Crippen LogP contribution in [-0.4, -0.2) is 21.1 Å². The zero-order valence-corrected chi connectivity index (χ0v) is 11.3. The number of hydrogen-bond donors (Lipinski definition) is 1. The zero-order chi connectivity index (χ0) is 13.9. The molecule has 0 atom stereocenters. The molecule has 3 aromatic rings. The van der Waals surface area contributed by atoms with E-state index in [-0.39, 0.29) is 6.61 Å². The van der Waals surface area contributed by atoms with Gasteiger partial charge >= 0.3 is 0 Å². The molecule has 1 N–H and O–H groups in total. The average molecular weight is 268 g/mol. The van der Waals surface area contributed by atoms with Crippen LogP contribution >= 0.6 is 0 Å². The van der Waals surface area contributed by atoms with Crippen molar-refractivity contribution in [2.45, 2.75) is 13.5 Å². The summed E-state index contributed by atoms with van der Waals surface area (Å²) in [6.07, 6.45) is 3.89. The van der Waals surface area contributed by atoms with Gasteiger partial charge in [0.1, 0.15) is 11.4 Å². The summed E-state index contributed by atoms with van der Waals surface area (Å²) < 4.78 is 7.36. The van der Waals surface area contributed by atoms with Crippen molar-refractivity contribution in [3.63, 3.8) is 0 Å². The van der Waals surface area contributed by atoms with Gasteiger partial charge in [0.05, 0.1) is 18.9 Å². The minimum absolute atomic E-state index is 0.00985. The molecule has 0 aliphatic rings. The summed E-state index contributed by atoms with van der Waals surface area (Å²) in [5.41, 5.74) is 3.53. The number of ether oxygens (including phenoxy) is 1. The van der Waals surface area contributed by atoms with Crippen LogP contribution in [0.4, 0.5) is 0 Å². The van der Waals surface area contributed by atoms with E-state index < -0.39 is 0 Å². The van der Waals surface area contributed by atoms with Gasteiger partial charge in [-0.3, -0.25) is 0 Å². The van der Waals surface area contributed by atoms with E-state index in [2.05, 4.69) is 4.98 Å². The molecule has 0 fully saturated rings. The highest BCUT2D eigenvalue weighted by atomic mass is 16.5. The molecular weight excluding hydrogens is 252 g/mol. The second-order valence-electron chi connectivity index (χ2n) is 4.51. The fourth-order valence-corrected chi connectivity index (χ4v) is 2.22. The molecular formula is C16H16N2O2. The van der Waals surface area contributed by atoms with E-state index in [0.717, 1.165) is 28.2 Å². The van der Waals surface area contributed by atoms with Gasteiger partial charge in [-0.15, -0.1) is 0 Å². The lowest BCUT2D eigenvalue weighted by Gasteiger charge is -2.02. The number of benzene rings is 1. The van der Waals surface area contributed by atoms with Crippen LogP contribution < -0.4 is 4.74 Å². The van der Waals surface area contributed by atoms with Gasteiger partial charge in [-0.1, -0.05) is 6.07 Å². The maximum absolute atomic E-state index is 9.34. The van der Waals surface area contributed by atoms with Crippen LogP contribution in [0, 0.1) is 0 Å². The largest absolute Gasteiger partial charge is 0.494 e. The van der Waals surface area contributed by atoms with E-state index in [0.29, 0.717) is 6.61 Å². The number of fused-ring (bicyclic) bond motifs is 1. The highest BCUT2D eigenvalue weighted by Gasteiger charge is 2.07. The van der Waals surface area contributed by atoms with Gasteiger partial charge in [-0.25, -0.2) is 4.98 Å². The molecule has 20 heavy (non-hydrogen) atoms.